The van der Waals surface area contributed by atoms with E-state index in [4.69, 9.17) is 29.8 Å². The molecule has 0 saturated heterocycles. The van der Waals surface area contributed by atoms with E-state index in [2.05, 4.69) is 40.3 Å². The number of esters is 2. The van der Waals surface area contributed by atoms with Gasteiger partial charge in [0.25, 0.3) is 0 Å². The second-order valence-electron chi connectivity index (χ2n) is 13.1. The predicted octanol–water partition coefficient (Wildman–Crippen LogP) is 4.71. The van der Waals surface area contributed by atoms with Crippen LogP contribution in [0.2, 0.25) is 0 Å². The maximum atomic E-state index is 13.8. The SMILES string of the molecule is COC(=O)C(c1ccc(F)c(F)c1)n1cc2c(nc(N)n3nc(-c4ccco4)nc23)n1.COC(=O)C(c1ccc(F)c(F)c1)n1ncc2c1nc(N)n1nc(-c3ccco3)nc21. The molecule has 0 aliphatic carbocycles. The fourth-order valence-electron chi connectivity index (χ4n) is 6.56. The van der Waals surface area contributed by atoms with Gasteiger partial charge in [0.05, 0.1) is 43.7 Å². The zero-order valence-corrected chi connectivity index (χ0v) is 31.7. The molecule has 0 aliphatic rings. The van der Waals surface area contributed by atoms with Gasteiger partial charge in [-0.2, -0.15) is 29.2 Å². The van der Waals surface area contributed by atoms with Crippen LogP contribution in [0.4, 0.5) is 29.5 Å². The zero-order chi connectivity index (χ0) is 43.4. The fraction of sp³-hybridized carbons (Fsp3) is 0.105. The van der Waals surface area contributed by atoms with Crippen LogP contribution >= 0.6 is 0 Å². The monoisotopic (exact) mass is 850 g/mol. The molecule has 10 rings (SSSR count). The number of methoxy groups -OCH3 is 2. The van der Waals surface area contributed by atoms with Crippen LogP contribution in [0.1, 0.15) is 23.2 Å². The van der Waals surface area contributed by atoms with E-state index in [9.17, 15) is 27.2 Å². The molecule has 10 aromatic rings. The minimum absolute atomic E-state index is 0.0144. The van der Waals surface area contributed by atoms with Crippen LogP contribution in [-0.2, 0) is 19.1 Å². The molecule has 2 aromatic carbocycles. The van der Waals surface area contributed by atoms with E-state index in [0.29, 0.717) is 33.6 Å². The van der Waals surface area contributed by atoms with Crippen LogP contribution in [0, 0.1) is 23.3 Å². The van der Waals surface area contributed by atoms with E-state index in [1.807, 2.05) is 0 Å². The number of fused-ring (bicyclic) bond motifs is 6. The number of nitrogen functional groups attached to an aromatic ring is 2. The molecular weight excluding hydrogens is 825 g/mol. The zero-order valence-electron chi connectivity index (χ0n) is 31.7. The van der Waals surface area contributed by atoms with Crippen LogP contribution in [-0.4, -0.2) is 84.9 Å². The van der Waals surface area contributed by atoms with E-state index in [1.165, 1.54) is 69.7 Å². The molecule has 0 spiro atoms. The molecule has 0 amide bonds. The number of halogens is 4. The van der Waals surface area contributed by atoms with Gasteiger partial charge in [-0.25, -0.2) is 41.8 Å². The maximum Gasteiger partial charge on any atom is 0.335 e. The molecule has 4 N–H and O–H groups in total. The van der Waals surface area contributed by atoms with Crippen LogP contribution in [0.15, 0.2) is 94.4 Å². The summed E-state index contributed by atoms with van der Waals surface area (Å²) >= 11 is 0. The highest BCUT2D eigenvalue weighted by molar-refractivity contribution is 5.92. The molecule has 2 atom stereocenters. The van der Waals surface area contributed by atoms with Gasteiger partial charge in [0, 0.05) is 6.20 Å². The highest BCUT2D eigenvalue weighted by Gasteiger charge is 2.30. The Labute approximate surface area is 341 Å². The fourth-order valence-corrected chi connectivity index (χ4v) is 6.56. The lowest BCUT2D eigenvalue weighted by atomic mass is 10.1. The lowest BCUT2D eigenvalue weighted by Gasteiger charge is -2.16. The average molecular weight is 851 g/mol. The second-order valence-corrected chi connectivity index (χ2v) is 13.1. The Morgan fingerprint density at radius 3 is 1.71 bits per heavy atom. The summed E-state index contributed by atoms with van der Waals surface area (Å²) in [6.07, 6.45) is 5.88. The minimum Gasteiger partial charge on any atom is -0.467 e. The molecule has 0 bridgehead atoms. The molecule has 0 fully saturated rings. The first kappa shape index (κ1) is 38.8. The van der Waals surface area contributed by atoms with Crippen LogP contribution in [0.3, 0.4) is 0 Å². The smallest absolute Gasteiger partial charge is 0.335 e. The number of carbonyl (C=O) groups is 2. The van der Waals surface area contributed by atoms with Gasteiger partial charge in [0.15, 0.2) is 69.5 Å². The van der Waals surface area contributed by atoms with Crippen molar-refractivity contribution in [2.24, 2.45) is 0 Å². The Bertz CT molecular complexity index is 3250. The second kappa shape index (κ2) is 15.2. The van der Waals surface area contributed by atoms with Crippen molar-refractivity contribution in [3.63, 3.8) is 0 Å². The number of aromatic nitrogens is 12. The highest BCUT2D eigenvalue weighted by atomic mass is 19.2. The van der Waals surface area contributed by atoms with Gasteiger partial charge >= 0.3 is 11.9 Å². The van der Waals surface area contributed by atoms with E-state index in [0.717, 1.165) is 24.3 Å². The Hall–Kier alpha value is -8.70. The van der Waals surface area contributed by atoms with Crippen molar-refractivity contribution in [3.8, 4) is 23.2 Å². The van der Waals surface area contributed by atoms with Crippen LogP contribution in [0.5, 0.6) is 0 Å². The summed E-state index contributed by atoms with van der Waals surface area (Å²) in [5.41, 5.74) is 13.3. The molecule has 0 radical (unpaired) electrons. The normalized spacial score (nSPS) is 12.5. The van der Waals surface area contributed by atoms with Gasteiger partial charge in [-0.3, -0.25) is 4.68 Å². The molecule has 24 heteroatoms. The third-order valence-electron chi connectivity index (χ3n) is 9.41. The Balaban J connectivity index is 0.000000158. The standard InChI is InChI=1S/2C19H13F2N7O3/c1-30-18(29)14(9-4-5-11(20)12(21)7-9)27-17-10(8-23-27)16-24-15(13-3-2-6-31-13)26-28(16)19(22)25-17;1-30-18(29)14(9-4-5-11(20)12(21)7-9)27-8-10-15(25-27)24-19(22)28-17(10)23-16(26-28)13-3-2-6-31-13/h2-8,14H,1H3,(H2,22,25);2-8,14H,1H3,(H2,22,24,25). The van der Waals surface area contributed by atoms with Crippen molar-refractivity contribution in [2.75, 3.05) is 25.7 Å². The number of anilines is 2. The lowest BCUT2D eigenvalue weighted by Crippen LogP contribution is -2.24. The molecule has 8 heterocycles. The summed E-state index contributed by atoms with van der Waals surface area (Å²) in [6, 6.07) is 10.5. The van der Waals surface area contributed by atoms with E-state index >= 15 is 0 Å². The quantitative estimate of drug-likeness (QED) is 0.155. The first-order valence-electron chi connectivity index (χ1n) is 17.9. The third-order valence-corrected chi connectivity index (χ3v) is 9.41. The summed E-state index contributed by atoms with van der Waals surface area (Å²) in [4.78, 5) is 42.4. The minimum atomic E-state index is -1.24. The number of carbonyl (C=O) groups excluding carboxylic acids is 2. The number of rotatable bonds is 8. The Kier molecular flexibility index (Phi) is 9.48. The predicted molar refractivity (Wildman–Crippen MR) is 205 cm³/mol. The summed E-state index contributed by atoms with van der Waals surface area (Å²) < 4.78 is 79.9. The third kappa shape index (κ3) is 6.59. The van der Waals surface area contributed by atoms with Gasteiger partial charge in [-0.1, -0.05) is 12.1 Å². The lowest BCUT2D eigenvalue weighted by molar-refractivity contribution is -0.144. The van der Waals surface area contributed by atoms with E-state index < -0.39 is 47.3 Å². The number of furan rings is 2. The molecule has 62 heavy (non-hydrogen) atoms. The van der Waals surface area contributed by atoms with Crippen molar-refractivity contribution in [1.82, 2.24) is 58.7 Å². The molecule has 0 saturated carbocycles. The summed E-state index contributed by atoms with van der Waals surface area (Å²) in [5, 5.41) is 18.0. The summed E-state index contributed by atoms with van der Waals surface area (Å²) in [7, 11) is 2.36. The maximum absolute atomic E-state index is 13.8. The van der Waals surface area contributed by atoms with Gasteiger partial charge in [0.1, 0.15) is 0 Å². The summed E-state index contributed by atoms with van der Waals surface area (Å²) in [5.74, 6) is -4.38. The summed E-state index contributed by atoms with van der Waals surface area (Å²) in [6.45, 7) is 0. The van der Waals surface area contributed by atoms with Gasteiger partial charge in [0.2, 0.25) is 23.5 Å². The number of nitrogens with two attached hydrogens (primary N) is 2. The molecule has 0 aliphatic heterocycles. The van der Waals surface area contributed by atoms with Crippen molar-refractivity contribution in [2.45, 2.75) is 12.1 Å². The van der Waals surface area contributed by atoms with Gasteiger partial charge in [-0.15, -0.1) is 10.2 Å². The number of nitrogens with zero attached hydrogens (tertiary/aromatic N) is 12. The number of benzene rings is 2. The average Bonchev–Trinajstić information content (AvgIpc) is 4.12. The Morgan fingerprint density at radius 2 is 1.18 bits per heavy atom. The number of hydrogen-bond donors (Lipinski definition) is 2. The van der Waals surface area contributed by atoms with Crippen molar-refractivity contribution in [1.29, 1.82) is 0 Å². The van der Waals surface area contributed by atoms with Crippen molar-refractivity contribution in [3.05, 3.63) is 120 Å². The van der Waals surface area contributed by atoms with E-state index in [-0.39, 0.29) is 46.0 Å². The van der Waals surface area contributed by atoms with Gasteiger partial charge < -0.3 is 29.8 Å². The number of hydrogen-bond acceptors (Lipinski definition) is 16. The van der Waals surface area contributed by atoms with Crippen molar-refractivity contribution < 1.29 is 45.5 Å². The first-order valence-corrected chi connectivity index (χ1v) is 17.9. The molecule has 312 valence electrons. The van der Waals surface area contributed by atoms with Crippen LogP contribution < -0.4 is 11.5 Å². The van der Waals surface area contributed by atoms with Crippen molar-refractivity contribution >= 4 is 57.2 Å². The van der Waals surface area contributed by atoms with Gasteiger partial charge in [-0.05, 0) is 59.7 Å². The van der Waals surface area contributed by atoms with E-state index in [1.54, 1.807) is 24.3 Å². The molecule has 8 aromatic heterocycles. The molecular formula is C38H26F4N14O6. The van der Waals surface area contributed by atoms with Crippen LogP contribution in [0.25, 0.3) is 56.5 Å². The largest absolute Gasteiger partial charge is 0.467 e. The first-order chi connectivity index (χ1) is 29.9. The molecule has 2 unspecified atom stereocenters. The highest BCUT2D eigenvalue weighted by Crippen LogP contribution is 2.30. The molecule has 20 nitrogen and oxygen atoms in total. The topological polar surface area (TPSA) is 253 Å². The Morgan fingerprint density at radius 1 is 0.645 bits per heavy atom. The number of ether oxygens (including phenoxy) is 2.